The molecule has 214 valence electrons. The van der Waals surface area contributed by atoms with Gasteiger partial charge in [0.05, 0.1) is 22.7 Å². The molecule has 0 aliphatic carbocycles. The number of Topliss-reactive ketones (excluding diaryl/α,β-unsaturated/α-hetero) is 1. The second kappa shape index (κ2) is 11.1. The lowest BCUT2D eigenvalue weighted by molar-refractivity contribution is -0.117. The zero-order chi connectivity index (χ0) is 30.3. The molecule has 0 saturated carbocycles. The molecule has 5 aromatic rings. The predicted octanol–water partition coefficient (Wildman–Crippen LogP) is 6.66. The van der Waals surface area contributed by atoms with E-state index in [2.05, 4.69) is 4.98 Å². The van der Waals surface area contributed by atoms with Crippen LogP contribution >= 0.6 is 22.9 Å². The highest BCUT2D eigenvalue weighted by Crippen LogP contribution is 2.45. The molecular formula is C32H22ClN3O5S2. The first-order chi connectivity index (χ1) is 20.7. The number of hydrogen-bond acceptors (Lipinski definition) is 8. The smallest absolute Gasteiger partial charge is 0.296 e. The molecule has 1 amide bonds. The van der Waals surface area contributed by atoms with Crippen molar-refractivity contribution in [3.8, 4) is 11.1 Å². The van der Waals surface area contributed by atoms with Crippen molar-refractivity contribution >= 4 is 55.3 Å². The fourth-order valence-corrected chi connectivity index (χ4v) is 7.76. The minimum Gasteiger partial charge on any atom is -0.503 e. The minimum absolute atomic E-state index is 0.0144. The lowest BCUT2D eigenvalue weighted by Crippen LogP contribution is -2.31. The number of halogens is 1. The molecular weight excluding hydrogens is 606 g/mol. The monoisotopic (exact) mass is 627 g/mol. The van der Waals surface area contributed by atoms with E-state index in [1.807, 2.05) is 30.3 Å². The molecule has 11 heteroatoms. The Morgan fingerprint density at radius 2 is 1.63 bits per heavy atom. The van der Waals surface area contributed by atoms with Crippen molar-refractivity contribution in [1.82, 2.24) is 4.98 Å². The first kappa shape index (κ1) is 28.4. The lowest BCUT2D eigenvalue weighted by Gasteiger charge is -2.25. The average Bonchev–Trinajstić information content (AvgIpc) is 3.61. The predicted molar refractivity (Wildman–Crippen MR) is 166 cm³/mol. The Hall–Kier alpha value is -4.77. The van der Waals surface area contributed by atoms with Crippen molar-refractivity contribution in [2.45, 2.75) is 15.1 Å². The molecule has 1 aliphatic rings. The van der Waals surface area contributed by atoms with Crippen LogP contribution in [0.15, 0.2) is 130 Å². The summed E-state index contributed by atoms with van der Waals surface area (Å²) in [5.41, 5.74) is 8.19. The summed E-state index contributed by atoms with van der Waals surface area (Å²) < 4.78 is 26.5. The van der Waals surface area contributed by atoms with Crippen LogP contribution in [0.4, 0.5) is 10.8 Å². The molecule has 2 heterocycles. The van der Waals surface area contributed by atoms with E-state index >= 15 is 0 Å². The molecule has 0 fully saturated rings. The van der Waals surface area contributed by atoms with Crippen molar-refractivity contribution in [2.75, 3.05) is 10.6 Å². The largest absolute Gasteiger partial charge is 0.503 e. The Morgan fingerprint density at radius 3 is 2.33 bits per heavy atom. The maximum Gasteiger partial charge on any atom is 0.296 e. The van der Waals surface area contributed by atoms with E-state index in [-0.39, 0.29) is 25.4 Å². The van der Waals surface area contributed by atoms with Crippen LogP contribution in [0.3, 0.4) is 0 Å². The number of hydrogen-bond donors (Lipinski definition) is 2. The number of nitrogen functional groups attached to an aromatic ring is 1. The Bertz CT molecular complexity index is 2030. The first-order valence-corrected chi connectivity index (χ1v) is 15.6. The maximum absolute atomic E-state index is 14.3. The van der Waals surface area contributed by atoms with Crippen LogP contribution in [0, 0.1) is 0 Å². The van der Waals surface area contributed by atoms with Crippen molar-refractivity contribution in [3.05, 3.63) is 137 Å². The van der Waals surface area contributed by atoms with Gasteiger partial charge in [-0.3, -0.25) is 14.5 Å². The summed E-state index contributed by atoms with van der Waals surface area (Å²) >= 11 is 7.07. The lowest BCUT2D eigenvalue weighted by atomic mass is 9.88. The number of aliphatic hydroxyl groups is 1. The summed E-state index contributed by atoms with van der Waals surface area (Å²) in [4.78, 5) is 33.5. The summed E-state index contributed by atoms with van der Waals surface area (Å²) in [6.07, 6.45) is 1.16. The van der Waals surface area contributed by atoms with Crippen LogP contribution in [0.5, 0.6) is 0 Å². The van der Waals surface area contributed by atoms with Crippen molar-refractivity contribution in [3.63, 3.8) is 0 Å². The summed E-state index contributed by atoms with van der Waals surface area (Å²) in [5, 5.41) is 11.6. The van der Waals surface area contributed by atoms with E-state index in [0.29, 0.717) is 21.8 Å². The van der Waals surface area contributed by atoms with Crippen molar-refractivity contribution < 1.29 is 23.1 Å². The van der Waals surface area contributed by atoms with Gasteiger partial charge >= 0.3 is 0 Å². The molecule has 0 saturated heterocycles. The quantitative estimate of drug-likeness (QED) is 0.152. The highest BCUT2D eigenvalue weighted by Gasteiger charge is 2.46. The number of rotatable bonds is 7. The van der Waals surface area contributed by atoms with E-state index in [4.69, 9.17) is 17.3 Å². The third-order valence-electron chi connectivity index (χ3n) is 6.99. The highest BCUT2D eigenvalue weighted by molar-refractivity contribution is 7.93. The zero-order valence-electron chi connectivity index (χ0n) is 22.2. The summed E-state index contributed by atoms with van der Waals surface area (Å²) in [7, 11) is -3.94. The van der Waals surface area contributed by atoms with Crippen molar-refractivity contribution in [1.29, 1.82) is 0 Å². The number of nitrogens with zero attached hydrogens (tertiary/aromatic N) is 2. The second-order valence-electron chi connectivity index (χ2n) is 9.67. The van der Waals surface area contributed by atoms with E-state index < -0.39 is 33.3 Å². The number of ketones is 1. The number of sulfone groups is 1. The molecule has 0 spiro atoms. The first-order valence-electron chi connectivity index (χ1n) is 12.9. The van der Waals surface area contributed by atoms with Crippen LogP contribution in [-0.4, -0.2) is 30.2 Å². The van der Waals surface area contributed by atoms with E-state index in [1.165, 1.54) is 12.1 Å². The van der Waals surface area contributed by atoms with Crippen LogP contribution < -0.4 is 10.6 Å². The van der Waals surface area contributed by atoms with Crippen LogP contribution in [-0.2, 0) is 14.6 Å². The Balaban J connectivity index is 1.49. The van der Waals surface area contributed by atoms with Gasteiger partial charge in [0.1, 0.15) is 4.21 Å². The summed E-state index contributed by atoms with van der Waals surface area (Å²) in [6, 6.07) is 27.1. The van der Waals surface area contributed by atoms with E-state index in [1.54, 1.807) is 60.7 Å². The molecule has 3 N–H and O–H groups in total. The van der Waals surface area contributed by atoms with Gasteiger partial charge in [-0.1, -0.05) is 83.6 Å². The zero-order valence-corrected chi connectivity index (χ0v) is 24.6. The number of amides is 1. The van der Waals surface area contributed by atoms with Gasteiger partial charge in [-0.15, -0.1) is 0 Å². The second-order valence-corrected chi connectivity index (χ2v) is 13.3. The SMILES string of the molecule is Nc1ccc(C(=O)C2=C(O)C(=O)N(c3ncc(S(=O)(=O)c4ccccc4)s3)C2c2cccc(Cl)c2)c(-c2ccccc2)c1. The van der Waals surface area contributed by atoms with Gasteiger partial charge in [0.25, 0.3) is 5.91 Å². The molecule has 1 atom stereocenters. The Morgan fingerprint density at radius 1 is 0.930 bits per heavy atom. The fraction of sp³-hybridized carbons (Fsp3) is 0.0312. The van der Waals surface area contributed by atoms with Gasteiger partial charge in [0.2, 0.25) is 9.84 Å². The van der Waals surface area contributed by atoms with E-state index in [0.717, 1.165) is 28.0 Å². The fourth-order valence-electron chi connectivity index (χ4n) is 4.99. The number of aliphatic hydroxyl groups excluding tert-OH is 1. The van der Waals surface area contributed by atoms with Gasteiger partial charge in [-0.2, -0.15) is 0 Å². The number of aromatic nitrogens is 1. The molecule has 1 aliphatic heterocycles. The summed E-state index contributed by atoms with van der Waals surface area (Å²) in [6.45, 7) is 0. The number of thiazole rings is 1. The molecule has 6 rings (SSSR count). The third-order valence-corrected chi connectivity index (χ3v) is 10.4. The molecule has 1 aromatic heterocycles. The topological polar surface area (TPSA) is 131 Å². The van der Waals surface area contributed by atoms with Gasteiger partial charge < -0.3 is 10.8 Å². The third kappa shape index (κ3) is 5.10. The molecule has 0 bridgehead atoms. The van der Waals surface area contributed by atoms with E-state index in [9.17, 15) is 23.1 Å². The highest BCUT2D eigenvalue weighted by atomic mass is 35.5. The molecule has 8 nitrogen and oxygen atoms in total. The molecule has 43 heavy (non-hydrogen) atoms. The molecule has 0 radical (unpaired) electrons. The van der Waals surface area contributed by atoms with Gasteiger partial charge in [0, 0.05) is 16.3 Å². The molecule has 4 aromatic carbocycles. The molecule has 1 unspecified atom stereocenters. The standard InChI is InChI=1S/C32H22ClN3O5S2/c33-21-11-7-10-20(16-21)28-27(29(37)24-15-14-22(34)17-25(24)19-8-3-1-4-9-19)30(38)31(39)36(28)32-35-18-26(42-32)43(40,41)23-12-5-2-6-13-23/h1-18,28,38H,34H2. The minimum atomic E-state index is -3.94. The number of carbonyl (C=O) groups is 2. The normalized spacial score (nSPS) is 15.2. The number of anilines is 2. The maximum atomic E-state index is 14.3. The van der Waals surface area contributed by atoms with Gasteiger partial charge in [0.15, 0.2) is 16.7 Å². The summed E-state index contributed by atoms with van der Waals surface area (Å²) in [5.74, 6) is -2.28. The van der Waals surface area contributed by atoms with Crippen LogP contribution in [0.2, 0.25) is 5.02 Å². The number of nitrogens with two attached hydrogens (primary N) is 1. The van der Waals surface area contributed by atoms with Crippen LogP contribution in [0.25, 0.3) is 11.1 Å². The van der Waals surface area contributed by atoms with Gasteiger partial charge in [-0.25, -0.2) is 13.4 Å². The van der Waals surface area contributed by atoms with Gasteiger partial charge in [-0.05, 0) is 59.2 Å². The average molecular weight is 628 g/mol. The van der Waals surface area contributed by atoms with Crippen LogP contribution in [0.1, 0.15) is 22.0 Å². The Labute approximate surface area is 256 Å². The number of benzene rings is 4. The number of carbonyl (C=O) groups excluding carboxylic acids is 2. The van der Waals surface area contributed by atoms with Crippen molar-refractivity contribution in [2.24, 2.45) is 0 Å². The Kier molecular flexibility index (Phi) is 7.35.